The van der Waals surface area contributed by atoms with E-state index >= 15 is 0 Å². The lowest BCUT2D eigenvalue weighted by Gasteiger charge is -2.04. The lowest BCUT2D eigenvalue weighted by atomic mass is 10.2. The van der Waals surface area contributed by atoms with E-state index in [1.807, 2.05) is 0 Å². The van der Waals surface area contributed by atoms with Gasteiger partial charge in [-0.1, -0.05) is 13.8 Å². The third-order valence-corrected chi connectivity index (χ3v) is 1.47. The van der Waals surface area contributed by atoms with Gasteiger partial charge in [0.25, 0.3) is 0 Å². The quantitative estimate of drug-likeness (QED) is 0.531. The van der Waals surface area contributed by atoms with Gasteiger partial charge in [-0.05, 0) is 0 Å². The molecular formula is C10H14O8. The SMILES string of the molecule is CC(=O)OOC(=O)CCC(=O)OOC(=O)C(C)C. The Hall–Kier alpha value is -2.12. The highest BCUT2D eigenvalue weighted by molar-refractivity contribution is 5.78. The molecule has 0 aromatic carbocycles. The molecule has 0 amide bonds. The van der Waals surface area contributed by atoms with Crippen LogP contribution in [0.2, 0.25) is 0 Å². The van der Waals surface area contributed by atoms with E-state index < -0.39 is 29.8 Å². The Balaban J connectivity index is 3.73. The molecule has 0 fully saturated rings. The molecule has 0 rings (SSSR count). The van der Waals surface area contributed by atoms with Gasteiger partial charge in [0, 0.05) is 6.92 Å². The zero-order valence-electron chi connectivity index (χ0n) is 10.3. The van der Waals surface area contributed by atoms with Crippen LogP contribution < -0.4 is 0 Å². The van der Waals surface area contributed by atoms with Gasteiger partial charge in [-0.3, -0.25) is 0 Å². The third kappa shape index (κ3) is 8.08. The van der Waals surface area contributed by atoms with Crippen molar-refractivity contribution in [2.45, 2.75) is 33.6 Å². The number of hydrogen-bond acceptors (Lipinski definition) is 8. The predicted molar refractivity (Wildman–Crippen MR) is 54.1 cm³/mol. The normalized spacial score (nSPS) is 9.56. The van der Waals surface area contributed by atoms with Gasteiger partial charge < -0.3 is 0 Å². The molecule has 0 aliphatic carbocycles. The highest BCUT2D eigenvalue weighted by atomic mass is 17.2. The summed E-state index contributed by atoms with van der Waals surface area (Å²) in [5.74, 6) is -3.77. The summed E-state index contributed by atoms with van der Waals surface area (Å²) >= 11 is 0. The topological polar surface area (TPSA) is 105 Å². The summed E-state index contributed by atoms with van der Waals surface area (Å²) < 4.78 is 0. The van der Waals surface area contributed by atoms with Crippen molar-refractivity contribution in [1.29, 1.82) is 0 Å². The summed E-state index contributed by atoms with van der Waals surface area (Å²) in [6.45, 7) is 4.17. The zero-order chi connectivity index (χ0) is 14.1. The Morgan fingerprint density at radius 1 is 0.833 bits per heavy atom. The molecule has 0 aromatic heterocycles. The summed E-state index contributed by atoms with van der Waals surface area (Å²) in [5.41, 5.74) is 0. The standard InChI is InChI=1S/C10H14O8/c1-6(2)10(14)18-17-9(13)5-4-8(12)16-15-7(3)11/h6H,4-5H2,1-3H3. The molecule has 0 unspecified atom stereocenters. The van der Waals surface area contributed by atoms with E-state index in [9.17, 15) is 19.2 Å². The Kier molecular flexibility index (Phi) is 7.10. The maximum Gasteiger partial charge on any atom is 0.358 e. The van der Waals surface area contributed by atoms with Crippen molar-refractivity contribution in [3.8, 4) is 0 Å². The van der Waals surface area contributed by atoms with Gasteiger partial charge >= 0.3 is 23.9 Å². The van der Waals surface area contributed by atoms with Crippen LogP contribution in [0.15, 0.2) is 0 Å². The van der Waals surface area contributed by atoms with Crippen molar-refractivity contribution in [2.24, 2.45) is 5.92 Å². The van der Waals surface area contributed by atoms with Crippen LogP contribution in [0.25, 0.3) is 0 Å². The monoisotopic (exact) mass is 262 g/mol. The zero-order valence-corrected chi connectivity index (χ0v) is 10.3. The second-order valence-electron chi connectivity index (χ2n) is 3.54. The summed E-state index contributed by atoms with van der Waals surface area (Å²) in [7, 11) is 0. The molecular weight excluding hydrogens is 248 g/mol. The van der Waals surface area contributed by atoms with Crippen LogP contribution in [0.1, 0.15) is 33.6 Å². The van der Waals surface area contributed by atoms with Gasteiger partial charge in [-0.2, -0.15) is 0 Å². The molecule has 0 bridgehead atoms. The van der Waals surface area contributed by atoms with Crippen LogP contribution >= 0.6 is 0 Å². The van der Waals surface area contributed by atoms with E-state index in [1.165, 1.54) is 0 Å². The third-order valence-electron chi connectivity index (χ3n) is 1.47. The van der Waals surface area contributed by atoms with E-state index in [2.05, 4.69) is 19.6 Å². The highest BCUT2D eigenvalue weighted by Crippen LogP contribution is 2.00. The van der Waals surface area contributed by atoms with E-state index in [4.69, 9.17) is 0 Å². The Morgan fingerprint density at radius 3 is 1.67 bits per heavy atom. The molecule has 102 valence electrons. The van der Waals surface area contributed by atoms with E-state index in [0.717, 1.165) is 6.92 Å². The first kappa shape index (κ1) is 15.9. The van der Waals surface area contributed by atoms with Crippen LogP contribution in [0.3, 0.4) is 0 Å². The minimum Gasteiger partial charge on any atom is -0.248 e. The maximum atomic E-state index is 11.0. The average molecular weight is 262 g/mol. The summed E-state index contributed by atoms with van der Waals surface area (Å²) in [5, 5.41) is 0. The molecule has 18 heavy (non-hydrogen) atoms. The molecule has 0 heterocycles. The van der Waals surface area contributed by atoms with E-state index in [-0.39, 0.29) is 12.8 Å². The molecule has 0 N–H and O–H groups in total. The van der Waals surface area contributed by atoms with Gasteiger partial charge in [-0.25, -0.2) is 38.7 Å². The van der Waals surface area contributed by atoms with Gasteiger partial charge in [0.1, 0.15) is 0 Å². The van der Waals surface area contributed by atoms with Crippen LogP contribution in [0.5, 0.6) is 0 Å². The summed E-state index contributed by atoms with van der Waals surface area (Å²) in [4.78, 5) is 59.3. The smallest absolute Gasteiger partial charge is 0.248 e. The number of rotatable bonds is 4. The minimum absolute atomic E-state index is 0.370. The van der Waals surface area contributed by atoms with E-state index in [1.54, 1.807) is 13.8 Å². The van der Waals surface area contributed by atoms with Crippen molar-refractivity contribution in [1.82, 2.24) is 0 Å². The molecule has 0 aromatic rings. The average Bonchev–Trinajstić information content (AvgIpc) is 2.30. The maximum absolute atomic E-state index is 11.0. The second-order valence-corrected chi connectivity index (χ2v) is 3.54. The Bertz CT molecular complexity index is 333. The first-order valence-electron chi connectivity index (χ1n) is 5.12. The van der Waals surface area contributed by atoms with Gasteiger partial charge in [0.2, 0.25) is 0 Å². The molecule has 0 saturated carbocycles. The van der Waals surface area contributed by atoms with Crippen molar-refractivity contribution < 1.29 is 38.7 Å². The molecule has 8 heteroatoms. The second kappa shape index (κ2) is 8.04. The van der Waals surface area contributed by atoms with Crippen LogP contribution in [0, 0.1) is 5.92 Å². The van der Waals surface area contributed by atoms with Gasteiger partial charge in [-0.15, -0.1) is 0 Å². The molecule has 8 nitrogen and oxygen atoms in total. The van der Waals surface area contributed by atoms with Gasteiger partial charge in [0.15, 0.2) is 0 Å². The first-order chi connectivity index (χ1) is 8.32. The molecule has 0 aliphatic rings. The van der Waals surface area contributed by atoms with Crippen molar-refractivity contribution in [2.75, 3.05) is 0 Å². The first-order valence-corrected chi connectivity index (χ1v) is 5.12. The predicted octanol–water partition coefficient (Wildman–Crippen LogP) is 0.445. The summed E-state index contributed by atoms with van der Waals surface area (Å²) in [6, 6.07) is 0. The fraction of sp³-hybridized carbons (Fsp3) is 0.600. The van der Waals surface area contributed by atoms with E-state index in [0.29, 0.717) is 0 Å². The molecule has 0 spiro atoms. The fourth-order valence-electron chi connectivity index (χ4n) is 0.576. The number of carbonyl (C=O) groups is 4. The molecule has 0 radical (unpaired) electrons. The van der Waals surface area contributed by atoms with Crippen LogP contribution in [-0.2, 0) is 38.7 Å². The van der Waals surface area contributed by atoms with Gasteiger partial charge in [0.05, 0.1) is 18.8 Å². The number of carbonyl (C=O) groups excluding carboxylic acids is 4. The molecule has 0 saturated heterocycles. The van der Waals surface area contributed by atoms with Crippen molar-refractivity contribution in [3.63, 3.8) is 0 Å². The van der Waals surface area contributed by atoms with Crippen LogP contribution in [0.4, 0.5) is 0 Å². The Labute approximate surface area is 103 Å². The largest absolute Gasteiger partial charge is 0.358 e. The van der Waals surface area contributed by atoms with Crippen molar-refractivity contribution >= 4 is 23.9 Å². The highest BCUT2D eigenvalue weighted by Gasteiger charge is 2.15. The Morgan fingerprint density at radius 2 is 1.28 bits per heavy atom. The molecule has 0 atom stereocenters. The molecule has 0 aliphatic heterocycles. The van der Waals surface area contributed by atoms with Crippen molar-refractivity contribution in [3.05, 3.63) is 0 Å². The minimum atomic E-state index is -0.919. The lowest BCUT2D eigenvalue weighted by molar-refractivity contribution is -0.264. The van der Waals surface area contributed by atoms with Crippen LogP contribution in [-0.4, -0.2) is 23.9 Å². The summed E-state index contributed by atoms with van der Waals surface area (Å²) in [6.07, 6.45) is -0.739. The lowest BCUT2D eigenvalue weighted by Crippen LogP contribution is -2.17. The fourth-order valence-corrected chi connectivity index (χ4v) is 0.576. The number of hydrogen-bond donors (Lipinski definition) is 0.